The van der Waals surface area contributed by atoms with Gasteiger partial charge in [-0.25, -0.2) is 4.98 Å². The molecule has 3 N–H and O–H groups in total. The van der Waals surface area contributed by atoms with Crippen molar-refractivity contribution in [3.8, 4) is 0 Å². The van der Waals surface area contributed by atoms with Crippen molar-refractivity contribution in [3.05, 3.63) is 27.4 Å². The molecule has 0 bridgehead atoms. The monoisotopic (exact) mass is 173 g/mol. The molecule has 1 rings (SSSR count). The van der Waals surface area contributed by atoms with Crippen LogP contribution < -0.4 is 11.3 Å². The lowest BCUT2D eigenvalue weighted by molar-refractivity contribution is 0.0998. The zero-order chi connectivity index (χ0) is 8.43. The molecule has 11 heavy (non-hydrogen) atoms. The minimum absolute atomic E-state index is 0.0694. The average molecular weight is 174 g/mol. The number of hydrogen-bond acceptors (Lipinski definition) is 3. The normalized spacial score (nSPS) is 9.55. The van der Waals surface area contributed by atoms with Gasteiger partial charge in [-0.1, -0.05) is 0 Å². The highest BCUT2D eigenvalue weighted by Gasteiger charge is 2.05. The predicted octanol–water partition coefficient (Wildman–Crippen LogP) is -0.478. The van der Waals surface area contributed by atoms with E-state index in [2.05, 4.69) is 9.97 Å². The Morgan fingerprint density at radius 1 is 1.73 bits per heavy atom. The van der Waals surface area contributed by atoms with Gasteiger partial charge in [-0.2, -0.15) is 0 Å². The number of carbonyl (C=O) groups is 1. The Balaban J connectivity index is 3.32. The summed E-state index contributed by atoms with van der Waals surface area (Å²) in [4.78, 5) is 26.8. The number of primary amides is 1. The van der Waals surface area contributed by atoms with Crippen molar-refractivity contribution in [1.29, 1.82) is 0 Å². The van der Waals surface area contributed by atoms with Gasteiger partial charge in [-0.05, 0) is 11.6 Å². The molecule has 1 aromatic rings. The van der Waals surface area contributed by atoms with Crippen LogP contribution in [0.4, 0.5) is 0 Å². The van der Waals surface area contributed by atoms with Crippen LogP contribution in [0.15, 0.2) is 11.0 Å². The van der Waals surface area contributed by atoms with E-state index in [9.17, 15) is 9.59 Å². The van der Waals surface area contributed by atoms with Crippen molar-refractivity contribution in [3.63, 3.8) is 0 Å². The molecule has 0 saturated carbocycles. The van der Waals surface area contributed by atoms with E-state index in [-0.39, 0.29) is 10.8 Å². The van der Waals surface area contributed by atoms with E-state index in [1.165, 1.54) is 0 Å². The Labute approximate surface area is 66.2 Å². The maximum Gasteiger partial charge on any atom is 0.264 e. The topological polar surface area (TPSA) is 88.8 Å². The van der Waals surface area contributed by atoms with Crippen molar-refractivity contribution < 1.29 is 4.79 Å². The molecule has 0 aliphatic heterocycles. The average Bonchev–Trinajstić information content (AvgIpc) is 1.85. The highest BCUT2D eigenvalue weighted by atomic mass is 35.5. The van der Waals surface area contributed by atoms with E-state index in [1.54, 1.807) is 0 Å². The van der Waals surface area contributed by atoms with Crippen LogP contribution in [-0.4, -0.2) is 15.9 Å². The van der Waals surface area contributed by atoms with E-state index in [1.807, 2.05) is 0 Å². The number of nitrogens with two attached hydrogens (primary N) is 1. The SMILES string of the molecule is NC(=O)c1cnc(Cl)[nH]c1=O. The van der Waals surface area contributed by atoms with Gasteiger partial charge in [0.15, 0.2) is 0 Å². The van der Waals surface area contributed by atoms with Gasteiger partial charge < -0.3 is 5.73 Å². The first-order chi connectivity index (χ1) is 5.11. The molecule has 0 spiro atoms. The molecule has 5 nitrogen and oxygen atoms in total. The van der Waals surface area contributed by atoms with Crippen LogP contribution in [0.2, 0.25) is 5.28 Å². The Morgan fingerprint density at radius 2 is 2.36 bits per heavy atom. The van der Waals surface area contributed by atoms with Crippen LogP contribution in [0.5, 0.6) is 0 Å². The third-order valence-electron chi connectivity index (χ3n) is 1.03. The Hall–Kier alpha value is -1.36. The molecule has 1 amide bonds. The highest BCUT2D eigenvalue weighted by Crippen LogP contribution is 1.93. The van der Waals surface area contributed by atoms with Gasteiger partial charge in [-0.3, -0.25) is 14.6 Å². The van der Waals surface area contributed by atoms with Gasteiger partial charge in [0, 0.05) is 6.20 Å². The van der Waals surface area contributed by atoms with Crippen molar-refractivity contribution in [1.82, 2.24) is 9.97 Å². The third-order valence-corrected chi connectivity index (χ3v) is 1.23. The number of H-pyrrole nitrogens is 1. The molecule has 1 aromatic heterocycles. The van der Waals surface area contributed by atoms with Crippen LogP contribution >= 0.6 is 11.6 Å². The fourth-order valence-corrected chi connectivity index (χ4v) is 0.683. The molecule has 0 aliphatic rings. The summed E-state index contributed by atoms with van der Waals surface area (Å²) < 4.78 is 0. The number of hydrogen-bond donors (Lipinski definition) is 2. The summed E-state index contributed by atoms with van der Waals surface area (Å²) in [6, 6.07) is 0. The zero-order valence-electron chi connectivity index (χ0n) is 5.30. The summed E-state index contributed by atoms with van der Waals surface area (Å²) in [6.07, 6.45) is 1.03. The van der Waals surface area contributed by atoms with Gasteiger partial charge >= 0.3 is 0 Å². The highest BCUT2D eigenvalue weighted by molar-refractivity contribution is 6.28. The Kier molecular flexibility index (Phi) is 1.91. The molecular weight excluding hydrogens is 170 g/mol. The molecule has 1 heterocycles. The molecule has 0 aliphatic carbocycles. The van der Waals surface area contributed by atoms with Gasteiger partial charge in [0.2, 0.25) is 5.28 Å². The molecule has 0 saturated heterocycles. The first-order valence-electron chi connectivity index (χ1n) is 2.66. The second kappa shape index (κ2) is 2.71. The maximum atomic E-state index is 10.8. The van der Waals surface area contributed by atoms with Crippen LogP contribution in [0.3, 0.4) is 0 Å². The summed E-state index contributed by atoms with van der Waals surface area (Å²) in [5.41, 5.74) is 4.00. The summed E-state index contributed by atoms with van der Waals surface area (Å²) in [5.74, 6) is -0.824. The smallest absolute Gasteiger partial charge is 0.264 e. The molecular formula is C5H4ClN3O2. The van der Waals surface area contributed by atoms with Crippen molar-refractivity contribution in [2.24, 2.45) is 5.73 Å². The summed E-state index contributed by atoms with van der Waals surface area (Å²) in [6.45, 7) is 0. The number of aromatic amines is 1. The number of nitrogens with zero attached hydrogens (tertiary/aromatic N) is 1. The lowest BCUT2D eigenvalue weighted by Crippen LogP contribution is -2.23. The second-order valence-electron chi connectivity index (χ2n) is 1.78. The summed E-state index contributed by atoms with van der Waals surface area (Å²) in [5, 5.41) is -0.0694. The standard InChI is InChI=1S/C5H4ClN3O2/c6-5-8-1-2(3(7)10)4(11)9-5/h1H,(H2,7,10)(H,8,9,11). The number of aromatic nitrogens is 2. The summed E-state index contributed by atoms with van der Waals surface area (Å²) in [7, 11) is 0. The van der Waals surface area contributed by atoms with E-state index in [0.29, 0.717) is 0 Å². The molecule has 0 unspecified atom stereocenters. The Morgan fingerprint density at radius 3 is 2.82 bits per heavy atom. The number of nitrogens with one attached hydrogen (secondary N) is 1. The molecule has 0 radical (unpaired) electrons. The fourth-order valence-electron chi connectivity index (χ4n) is 0.549. The molecule has 0 atom stereocenters. The molecule has 58 valence electrons. The predicted molar refractivity (Wildman–Crippen MR) is 38.4 cm³/mol. The van der Waals surface area contributed by atoms with Crippen molar-refractivity contribution in [2.75, 3.05) is 0 Å². The minimum atomic E-state index is -0.824. The van der Waals surface area contributed by atoms with Gasteiger partial charge in [0.05, 0.1) is 0 Å². The third kappa shape index (κ3) is 1.56. The maximum absolute atomic E-state index is 10.8. The Bertz CT molecular complexity index is 346. The first-order valence-corrected chi connectivity index (χ1v) is 3.03. The first kappa shape index (κ1) is 7.74. The fraction of sp³-hybridized carbons (Fsp3) is 0. The van der Waals surface area contributed by atoms with E-state index in [0.717, 1.165) is 6.20 Å². The lowest BCUT2D eigenvalue weighted by atomic mass is 10.3. The van der Waals surface area contributed by atoms with E-state index in [4.69, 9.17) is 17.3 Å². The zero-order valence-corrected chi connectivity index (χ0v) is 6.05. The quantitative estimate of drug-likeness (QED) is 0.563. The van der Waals surface area contributed by atoms with E-state index < -0.39 is 11.5 Å². The second-order valence-corrected chi connectivity index (χ2v) is 2.14. The van der Waals surface area contributed by atoms with Crippen LogP contribution in [0, 0.1) is 0 Å². The van der Waals surface area contributed by atoms with Gasteiger partial charge in [0.1, 0.15) is 5.56 Å². The van der Waals surface area contributed by atoms with Gasteiger partial charge in [-0.15, -0.1) is 0 Å². The van der Waals surface area contributed by atoms with Crippen LogP contribution in [0.1, 0.15) is 10.4 Å². The molecule has 6 heteroatoms. The minimum Gasteiger partial charge on any atom is -0.365 e. The van der Waals surface area contributed by atoms with Crippen LogP contribution in [-0.2, 0) is 0 Å². The largest absolute Gasteiger partial charge is 0.365 e. The summed E-state index contributed by atoms with van der Waals surface area (Å²) >= 11 is 5.30. The van der Waals surface area contributed by atoms with Crippen molar-refractivity contribution in [2.45, 2.75) is 0 Å². The lowest BCUT2D eigenvalue weighted by Gasteiger charge is -1.91. The number of halogens is 1. The van der Waals surface area contributed by atoms with Crippen LogP contribution in [0.25, 0.3) is 0 Å². The number of amides is 1. The molecule has 0 aromatic carbocycles. The molecule has 0 fully saturated rings. The van der Waals surface area contributed by atoms with Gasteiger partial charge in [0.25, 0.3) is 11.5 Å². The van der Waals surface area contributed by atoms with E-state index >= 15 is 0 Å². The van der Waals surface area contributed by atoms with Crippen molar-refractivity contribution >= 4 is 17.5 Å². The number of rotatable bonds is 1. The number of carbonyl (C=O) groups excluding carboxylic acids is 1.